The molecule has 2 aliphatic rings. The third kappa shape index (κ3) is 2.63. The van der Waals surface area contributed by atoms with Gasteiger partial charge in [-0.3, -0.25) is 4.99 Å². The van der Waals surface area contributed by atoms with Gasteiger partial charge in [0.15, 0.2) is 5.17 Å². The normalized spacial score (nSPS) is 20.0. The van der Waals surface area contributed by atoms with Gasteiger partial charge in [-0.05, 0) is 36.6 Å². The molecular formula is C19H18N2OS. The Morgan fingerprint density at radius 3 is 2.61 bits per heavy atom. The van der Waals surface area contributed by atoms with Crippen LogP contribution in [0.25, 0.3) is 5.70 Å². The summed E-state index contributed by atoms with van der Waals surface area (Å²) in [5.41, 5.74) is 3.77. The summed E-state index contributed by atoms with van der Waals surface area (Å²) in [4.78, 5) is 8.44. The molecule has 23 heavy (non-hydrogen) atoms. The molecule has 2 aromatic carbocycles. The van der Waals surface area contributed by atoms with E-state index in [1.165, 1.54) is 21.7 Å². The van der Waals surface area contributed by atoms with Gasteiger partial charge in [-0.2, -0.15) is 0 Å². The number of aliphatic imine (C=N–C) groups is 1. The Hall–Kier alpha value is -2.20. The van der Waals surface area contributed by atoms with E-state index in [4.69, 9.17) is 4.99 Å². The average Bonchev–Trinajstić information content (AvgIpc) is 3.09. The van der Waals surface area contributed by atoms with Crippen molar-refractivity contribution in [2.45, 2.75) is 19.4 Å². The number of nitrogens with zero attached hydrogens (tertiary/aromatic N) is 2. The Kier molecular flexibility index (Phi) is 3.62. The van der Waals surface area contributed by atoms with Crippen LogP contribution in [0.4, 0.5) is 0 Å². The van der Waals surface area contributed by atoms with E-state index in [1.54, 1.807) is 23.9 Å². The maximum Gasteiger partial charge on any atom is 0.168 e. The minimum absolute atomic E-state index is 0.314. The lowest BCUT2D eigenvalue weighted by Gasteiger charge is -2.26. The van der Waals surface area contributed by atoms with Gasteiger partial charge in [0, 0.05) is 4.91 Å². The minimum atomic E-state index is 0.314. The van der Waals surface area contributed by atoms with Gasteiger partial charge in [0.05, 0.1) is 18.3 Å². The molecule has 0 saturated carbocycles. The molecule has 0 bridgehead atoms. The van der Waals surface area contributed by atoms with Crippen LogP contribution in [-0.2, 0) is 6.42 Å². The second-order valence-electron chi connectivity index (χ2n) is 5.89. The minimum Gasteiger partial charge on any atom is -0.508 e. The molecule has 2 heterocycles. The van der Waals surface area contributed by atoms with Crippen molar-refractivity contribution in [1.29, 1.82) is 0 Å². The zero-order valence-corrected chi connectivity index (χ0v) is 13.8. The molecule has 0 saturated heterocycles. The van der Waals surface area contributed by atoms with E-state index < -0.39 is 0 Å². The first-order valence-corrected chi connectivity index (χ1v) is 8.60. The number of aromatic hydroxyl groups is 1. The third-order valence-corrected chi connectivity index (χ3v) is 5.29. The second-order valence-corrected chi connectivity index (χ2v) is 7.07. The van der Waals surface area contributed by atoms with E-state index in [2.05, 4.69) is 36.1 Å². The molecule has 1 N–H and O–H groups in total. The number of phenols is 1. The van der Waals surface area contributed by atoms with E-state index in [-0.39, 0.29) is 0 Å². The van der Waals surface area contributed by atoms with Gasteiger partial charge in [0.25, 0.3) is 0 Å². The Bertz CT molecular complexity index is 781. The molecule has 0 radical (unpaired) electrons. The lowest BCUT2D eigenvalue weighted by atomic mass is 10.0. The van der Waals surface area contributed by atoms with Crippen molar-refractivity contribution in [3.8, 4) is 5.75 Å². The average molecular weight is 322 g/mol. The first kappa shape index (κ1) is 14.4. The van der Waals surface area contributed by atoms with Gasteiger partial charge in [-0.15, -0.1) is 0 Å². The molecule has 0 unspecified atom stereocenters. The van der Waals surface area contributed by atoms with Crippen LogP contribution >= 0.6 is 11.8 Å². The van der Waals surface area contributed by atoms with Crippen molar-refractivity contribution in [1.82, 2.24) is 4.90 Å². The highest BCUT2D eigenvalue weighted by molar-refractivity contribution is 8.17. The standard InChI is InChI=1S/C19H18N2OS/c1-13-18(15-5-3-2-4-6-15)21-16(12-20-19(21)23-13)11-14-7-9-17(22)10-8-14/h2-10,16,22H,11-12H2,1H3/t16-/m0/s1. The van der Waals surface area contributed by atoms with Gasteiger partial charge < -0.3 is 10.0 Å². The predicted octanol–water partition coefficient (Wildman–Crippen LogP) is 4.11. The summed E-state index contributed by atoms with van der Waals surface area (Å²) in [5.74, 6) is 0.314. The fraction of sp³-hybridized carbons (Fsp3) is 0.211. The Balaban J connectivity index is 1.63. The molecule has 116 valence electrons. The van der Waals surface area contributed by atoms with Crippen molar-refractivity contribution in [3.63, 3.8) is 0 Å². The highest BCUT2D eigenvalue weighted by atomic mass is 32.2. The van der Waals surface area contributed by atoms with E-state index in [0.29, 0.717) is 11.8 Å². The summed E-state index contributed by atoms with van der Waals surface area (Å²) >= 11 is 1.77. The number of rotatable bonds is 3. The van der Waals surface area contributed by atoms with Crippen LogP contribution in [0.3, 0.4) is 0 Å². The summed E-state index contributed by atoms with van der Waals surface area (Å²) in [7, 11) is 0. The van der Waals surface area contributed by atoms with E-state index in [9.17, 15) is 5.11 Å². The van der Waals surface area contributed by atoms with Crippen molar-refractivity contribution in [3.05, 3.63) is 70.6 Å². The number of thioether (sulfide) groups is 1. The number of hydrogen-bond donors (Lipinski definition) is 1. The lowest BCUT2D eigenvalue weighted by Crippen LogP contribution is -2.33. The molecule has 2 aromatic rings. The summed E-state index contributed by atoms with van der Waals surface area (Å²) in [6.07, 6.45) is 0.928. The first-order valence-electron chi connectivity index (χ1n) is 7.78. The molecule has 1 atom stereocenters. The zero-order valence-electron chi connectivity index (χ0n) is 12.9. The maximum atomic E-state index is 9.45. The van der Waals surface area contributed by atoms with Gasteiger partial charge >= 0.3 is 0 Å². The summed E-state index contributed by atoms with van der Waals surface area (Å²) < 4.78 is 0. The Morgan fingerprint density at radius 2 is 1.87 bits per heavy atom. The smallest absolute Gasteiger partial charge is 0.168 e. The first-order chi connectivity index (χ1) is 11.2. The molecule has 0 aromatic heterocycles. The highest BCUT2D eigenvalue weighted by Gasteiger charge is 2.37. The third-order valence-electron chi connectivity index (χ3n) is 4.28. The van der Waals surface area contributed by atoms with Crippen LogP contribution in [-0.4, -0.2) is 27.8 Å². The lowest BCUT2D eigenvalue weighted by molar-refractivity contribution is 0.459. The number of benzene rings is 2. The van der Waals surface area contributed by atoms with Crippen molar-refractivity contribution in [2.24, 2.45) is 4.99 Å². The largest absolute Gasteiger partial charge is 0.508 e. The highest BCUT2D eigenvalue weighted by Crippen LogP contribution is 2.43. The second kappa shape index (κ2) is 5.78. The van der Waals surface area contributed by atoms with Crippen LogP contribution in [0.5, 0.6) is 5.75 Å². The van der Waals surface area contributed by atoms with Gasteiger partial charge in [-0.1, -0.05) is 54.2 Å². The summed E-state index contributed by atoms with van der Waals surface area (Å²) in [6.45, 7) is 3.00. The topological polar surface area (TPSA) is 35.8 Å². The van der Waals surface area contributed by atoms with E-state index in [1.807, 2.05) is 18.2 Å². The number of fused-ring (bicyclic) bond motifs is 1. The number of amidine groups is 1. The number of phenolic OH excluding ortho intramolecular Hbond substituents is 1. The quantitative estimate of drug-likeness (QED) is 0.924. The van der Waals surface area contributed by atoms with Crippen molar-refractivity contribution >= 4 is 22.6 Å². The van der Waals surface area contributed by atoms with E-state index in [0.717, 1.165) is 18.1 Å². The fourth-order valence-corrected chi connectivity index (χ4v) is 4.27. The molecule has 4 heteroatoms. The molecule has 0 fully saturated rings. The van der Waals surface area contributed by atoms with Crippen LogP contribution < -0.4 is 0 Å². The fourth-order valence-electron chi connectivity index (χ4n) is 3.21. The predicted molar refractivity (Wildman–Crippen MR) is 96.4 cm³/mol. The van der Waals surface area contributed by atoms with Gasteiger partial charge in [0.2, 0.25) is 0 Å². The molecule has 3 nitrogen and oxygen atoms in total. The Labute approximate surface area is 140 Å². The zero-order chi connectivity index (χ0) is 15.8. The van der Waals surface area contributed by atoms with Gasteiger partial charge in [0.1, 0.15) is 5.75 Å². The van der Waals surface area contributed by atoms with Crippen molar-refractivity contribution in [2.75, 3.05) is 6.54 Å². The maximum absolute atomic E-state index is 9.45. The van der Waals surface area contributed by atoms with Gasteiger partial charge in [-0.25, -0.2) is 0 Å². The monoisotopic (exact) mass is 322 g/mol. The van der Waals surface area contributed by atoms with Crippen LogP contribution in [0.1, 0.15) is 18.1 Å². The Morgan fingerprint density at radius 1 is 1.13 bits per heavy atom. The molecule has 0 spiro atoms. The van der Waals surface area contributed by atoms with E-state index >= 15 is 0 Å². The molecule has 0 amide bonds. The molecular weight excluding hydrogens is 304 g/mol. The molecule has 4 rings (SSSR count). The van der Waals surface area contributed by atoms with Crippen LogP contribution in [0, 0.1) is 0 Å². The molecule has 0 aliphatic carbocycles. The number of hydrogen-bond acceptors (Lipinski definition) is 4. The number of allylic oxidation sites excluding steroid dienone is 1. The van der Waals surface area contributed by atoms with Crippen LogP contribution in [0.15, 0.2) is 64.5 Å². The summed E-state index contributed by atoms with van der Waals surface area (Å²) in [6, 6.07) is 18.4. The molecule has 2 aliphatic heterocycles. The SMILES string of the molecule is CC1=C(c2ccccc2)N2C(=NC[C@@H]2Cc2ccc(O)cc2)S1. The van der Waals surface area contributed by atoms with Crippen molar-refractivity contribution < 1.29 is 5.11 Å². The summed E-state index contributed by atoms with van der Waals surface area (Å²) in [5, 5.41) is 10.6. The van der Waals surface area contributed by atoms with Crippen LogP contribution in [0.2, 0.25) is 0 Å².